The Morgan fingerprint density at radius 2 is 1.22 bits per heavy atom. The monoisotopic (exact) mass is 616 g/mol. The quantitative estimate of drug-likeness (QED) is 0.0763. The fourth-order valence-corrected chi connectivity index (χ4v) is 10.8. The van der Waals surface area contributed by atoms with Crippen molar-refractivity contribution in [3.8, 4) is 6.07 Å². The third kappa shape index (κ3) is 6.82. The Kier molecular flexibility index (Phi) is 10.7. The summed E-state index contributed by atoms with van der Waals surface area (Å²) < 4.78 is 5.86. The van der Waals surface area contributed by atoms with Crippen LogP contribution in [0.3, 0.4) is 0 Å². The van der Waals surface area contributed by atoms with Crippen LogP contribution < -0.4 is 15.9 Å². The van der Waals surface area contributed by atoms with Crippen molar-refractivity contribution in [2.45, 2.75) is 63.8 Å². The van der Waals surface area contributed by atoms with Gasteiger partial charge in [-0.25, -0.2) is 9.59 Å². The van der Waals surface area contributed by atoms with E-state index in [0.29, 0.717) is 13.0 Å². The Morgan fingerprint density at radius 3 is 1.67 bits per heavy atom. The largest absolute Gasteiger partial charge is 0.418 e. The lowest BCUT2D eigenvalue weighted by molar-refractivity contribution is -0.131. The molecule has 0 heterocycles. The summed E-state index contributed by atoms with van der Waals surface area (Å²) in [6.45, 7) is -0.379. The van der Waals surface area contributed by atoms with Gasteiger partial charge in [0.15, 0.2) is 0 Å². The molecule has 0 atom stereocenters. The summed E-state index contributed by atoms with van der Waals surface area (Å²) in [4.78, 5) is 30.4. The van der Waals surface area contributed by atoms with E-state index in [0.717, 1.165) is 66.4 Å². The molecule has 1 amide bonds. The molecule has 45 heavy (non-hydrogen) atoms. The maximum Gasteiger partial charge on any atom is 0.418 e. The zero-order valence-corrected chi connectivity index (χ0v) is 26.9. The Balaban J connectivity index is 1.63. The number of benzene rings is 4. The number of nitriles is 1. The van der Waals surface area contributed by atoms with Crippen LogP contribution in [0.2, 0.25) is 0 Å². The fraction of sp³-hybridized carbons (Fsp3) is 0.282. The summed E-state index contributed by atoms with van der Waals surface area (Å²) in [5.41, 5.74) is 0.717. The van der Waals surface area contributed by atoms with Crippen LogP contribution in [0.5, 0.6) is 0 Å². The molecule has 0 aromatic heterocycles. The van der Waals surface area contributed by atoms with Gasteiger partial charge in [-0.05, 0) is 47.2 Å². The van der Waals surface area contributed by atoms with Crippen molar-refractivity contribution in [3.05, 3.63) is 127 Å². The van der Waals surface area contributed by atoms with E-state index >= 15 is 0 Å². The number of carbonyl (C=O) groups is 2. The first kappa shape index (κ1) is 32.0. The van der Waals surface area contributed by atoms with Crippen LogP contribution >= 0.6 is 6.89 Å². The first-order valence-electron chi connectivity index (χ1n) is 16.0. The average Bonchev–Trinajstić information content (AvgIpc) is 3.56. The first-order valence-corrected chi connectivity index (χ1v) is 17.8. The van der Waals surface area contributed by atoms with Gasteiger partial charge in [-0.15, -0.1) is 0 Å². The topological polar surface area (TPSA) is 70.4 Å². The number of ether oxygens (including phenoxy) is 1. The molecule has 1 fully saturated rings. The number of amides is 1. The highest BCUT2D eigenvalue weighted by molar-refractivity contribution is 7.96. The first-order chi connectivity index (χ1) is 22.0. The second-order valence-corrected chi connectivity index (χ2v) is 15.1. The zero-order chi connectivity index (χ0) is 31.5. The summed E-state index contributed by atoms with van der Waals surface area (Å²) in [7, 11) is 0. The van der Waals surface area contributed by atoms with Crippen molar-refractivity contribution in [2.75, 3.05) is 6.54 Å². The zero-order valence-electron chi connectivity index (χ0n) is 26.0. The molecule has 4 aromatic rings. The lowest BCUT2D eigenvalue weighted by Crippen LogP contribution is -2.53. The van der Waals surface area contributed by atoms with E-state index in [9.17, 15) is 14.9 Å². The highest BCUT2D eigenvalue weighted by Crippen LogP contribution is 2.46. The molecule has 0 N–H and O–H groups in total. The number of esters is 1. The van der Waals surface area contributed by atoms with E-state index in [1.807, 2.05) is 114 Å². The van der Waals surface area contributed by atoms with Crippen molar-refractivity contribution in [2.24, 2.45) is 0 Å². The number of rotatable bonds is 11. The second kappa shape index (κ2) is 15.1. The van der Waals surface area contributed by atoms with Crippen molar-refractivity contribution in [1.29, 1.82) is 5.26 Å². The fourth-order valence-electron chi connectivity index (χ4n) is 6.82. The lowest BCUT2D eigenvalue weighted by atomic mass is 9.87. The molecule has 5 rings (SSSR count). The van der Waals surface area contributed by atoms with Gasteiger partial charge in [0, 0.05) is 13.4 Å². The molecule has 1 saturated carbocycles. The van der Waals surface area contributed by atoms with E-state index in [1.54, 1.807) is 0 Å². The van der Waals surface area contributed by atoms with Gasteiger partial charge in [0.2, 0.25) is 0 Å². The van der Waals surface area contributed by atoms with Crippen molar-refractivity contribution in [1.82, 2.24) is 4.90 Å². The highest BCUT2D eigenvalue weighted by Gasteiger charge is 2.44. The Morgan fingerprint density at radius 1 is 0.756 bits per heavy atom. The van der Waals surface area contributed by atoms with E-state index in [4.69, 9.17) is 4.74 Å². The highest BCUT2D eigenvalue weighted by atomic mass is 31.2. The van der Waals surface area contributed by atoms with Crippen LogP contribution in [0.25, 0.3) is 0 Å². The minimum Gasteiger partial charge on any atom is -0.372 e. The van der Waals surface area contributed by atoms with E-state index in [2.05, 4.69) is 25.1 Å². The number of hydrogen-bond acceptors (Lipinski definition) is 4. The summed E-state index contributed by atoms with van der Waals surface area (Å²) in [6, 6.07) is 41.6. The van der Waals surface area contributed by atoms with Crippen LogP contribution in [-0.2, 0) is 16.0 Å². The standard InChI is InChI=1S/C39H41N2O3P/c1-2-3-18-29-41(39(27-16-17-28-39)30-32-19-8-4-9-20-32)38(43)44-37(42)36(31-40)45(33-21-10-5-11-22-33,34-23-12-6-13-24-34)35-25-14-7-15-26-35/h4-15,19-26H,2-3,16-18,27-30H2,1H3. The number of hydrogen-bond donors (Lipinski definition) is 0. The molecular formula is C39H41N2O3P. The number of carbonyl (C=O) groups excluding carboxylic acids is 2. The van der Waals surface area contributed by atoms with Gasteiger partial charge in [0.05, 0.1) is 5.54 Å². The van der Waals surface area contributed by atoms with Gasteiger partial charge < -0.3 is 9.64 Å². The van der Waals surface area contributed by atoms with Gasteiger partial charge in [0.25, 0.3) is 0 Å². The van der Waals surface area contributed by atoms with Crippen LogP contribution in [-0.4, -0.2) is 34.3 Å². The molecule has 0 saturated heterocycles. The average molecular weight is 617 g/mol. The van der Waals surface area contributed by atoms with Crippen LogP contribution in [0.15, 0.2) is 121 Å². The summed E-state index contributed by atoms with van der Waals surface area (Å²) in [5, 5.41) is 13.3. The summed E-state index contributed by atoms with van der Waals surface area (Å²) in [6.07, 6.45) is 6.57. The van der Waals surface area contributed by atoms with Gasteiger partial charge in [-0.1, -0.05) is 154 Å². The smallest absolute Gasteiger partial charge is 0.372 e. The van der Waals surface area contributed by atoms with Gasteiger partial charge in [-0.3, -0.25) is 0 Å². The molecule has 6 heteroatoms. The number of unbranched alkanes of at least 4 members (excludes halogenated alkanes) is 2. The van der Waals surface area contributed by atoms with E-state index < -0.39 is 24.5 Å². The predicted octanol–water partition coefficient (Wildman–Crippen LogP) is 7.39. The SMILES string of the molecule is CCCCCN(C(=O)OC(=O)C(C#N)=P(c1ccccc1)(c1ccccc1)c1ccccc1)C1(Cc2ccccc2)CCCC1. The Labute approximate surface area is 267 Å². The molecular weight excluding hydrogens is 575 g/mol. The lowest BCUT2D eigenvalue weighted by Gasteiger charge is -2.41. The van der Waals surface area contributed by atoms with Crippen LogP contribution in [0.4, 0.5) is 4.79 Å². The van der Waals surface area contributed by atoms with Crippen molar-refractivity contribution >= 4 is 40.2 Å². The van der Waals surface area contributed by atoms with Gasteiger partial charge in [0.1, 0.15) is 11.4 Å². The molecule has 1 aliphatic rings. The third-order valence-corrected chi connectivity index (χ3v) is 13.1. The third-order valence-electron chi connectivity index (χ3n) is 8.93. The summed E-state index contributed by atoms with van der Waals surface area (Å²) >= 11 is 0. The molecule has 4 aromatic carbocycles. The van der Waals surface area contributed by atoms with Crippen LogP contribution in [0, 0.1) is 11.3 Å². The van der Waals surface area contributed by atoms with Crippen molar-refractivity contribution in [3.63, 3.8) is 0 Å². The molecule has 0 bridgehead atoms. The van der Waals surface area contributed by atoms with E-state index in [-0.39, 0.29) is 5.29 Å². The summed E-state index contributed by atoms with van der Waals surface area (Å²) in [5.74, 6) is -0.874. The Hall–Kier alpha value is -4.39. The maximum absolute atomic E-state index is 14.4. The molecule has 5 nitrogen and oxygen atoms in total. The molecule has 1 aliphatic carbocycles. The normalized spacial score (nSPS) is 13.9. The van der Waals surface area contributed by atoms with Gasteiger partial charge in [-0.2, -0.15) is 5.26 Å². The molecule has 0 spiro atoms. The van der Waals surface area contributed by atoms with Crippen LogP contribution in [0.1, 0.15) is 57.4 Å². The molecule has 0 unspecified atom stereocenters. The van der Waals surface area contributed by atoms with Crippen molar-refractivity contribution < 1.29 is 14.3 Å². The molecule has 230 valence electrons. The second-order valence-electron chi connectivity index (χ2n) is 11.7. The van der Waals surface area contributed by atoms with Gasteiger partial charge >= 0.3 is 12.1 Å². The van der Waals surface area contributed by atoms with E-state index in [1.165, 1.54) is 0 Å². The predicted molar refractivity (Wildman–Crippen MR) is 185 cm³/mol. The maximum atomic E-state index is 14.4. The minimum absolute atomic E-state index is 0.0449. The minimum atomic E-state index is -3.02. The molecule has 0 aliphatic heterocycles. The molecule has 0 radical (unpaired) electrons. The Bertz CT molecular complexity index is 1560. The number of nitrogens with zero attached hydrogens (tertiary/aromatic N) is 2.